The van der Waals surface area contributed by atoms with Crippen LogP contribution < -0.4 is 26.2 Å². The first-order chi connectivity index (χ1) is 28.0. The number of hydrogen-bond donors (Lipinski definition) is 0. The van der Waals surface area contributed by atoms with Crippen molar-refractivity contribution in [3.8, 4) is 11.1 Å². The Labute approximate surface area is 341 Å². The molecule has 0 atom stereocenters. The van der Waals surface area contributed by atoms with Crippen LogP contribution in [0.3, 0.4) is 0 Å². The molecule has 58 heavy (non-hydrogen) atoms. The second-order valence-corrected chi connectivity index (χ2v) is 18.2. The largest absolute Gasteiger partial charge is 0.455 e. The van der Waals surface area contributed by atoms with Crippen molar-refractivity contribution >= 4 is 89.9 Å². The van der Waals surface area contributed by atoms with Crippen molar-refractivity contribution in [3.05, 3.63) is 175 Å². The number of nitrogens with zero attached hydrogens (tertiary/aromatic N) is 2. The fourth-order valence-corrected chi connectivity index (χ4v) is 9.51. The van der Waals surface area contributed by atoms with E-state index < -0.39 is 0 Å². The zero-order valence-corrected chi connectivity index (χ0v) is 34.0. The Balaban J connectivity index is 1.14. The van der Waals surface area contributed by atoms with E-state index in [0.29, 0.717) is 0 Å². The van der Waals surface area contributed by atoms with Crippen LogP contribution in [0.15, 0.2) is 168 Å². The highest BCUT2D eigenvalue weighted by Gasteiger charge is 2.44. The van der Waals surface area contributed by atoms with Crippen LogP contribution in [-0.4, -0.2) is 6.71 Å². The number of rotatable bonds is 3. The van der Waals surface area contributed by atoms with Crippen molar-refractivity contribution in [3.63, 3.8) is 0 Å². The number of anilines is 6. The van der Waals surface area contributed by atoms with Crippen LogP contribution in [0.4, 0.5) is 34.1 Å². The summed E-state index contributed by atoms with van der Waals surface area (Å²) < 4.78 is 6.48. The van der Waals surface area contributed by atoms with Crippen molar-refractivity contribution < 1.29 is 4.42 Å². The van der Waals surface area contributed by atoms with E-state index in [1.807, 2.05) is 6.07 Å². The third kappa shape index (κ3) is 5.28. The fourth-order valence-electron chi connectivity index (χ4n) is 9.51. The number of furan rings is 1. The standard InChI is InChI=1S/C54H45BN2O/c1-53(2,3)37-25-30-46-45(32-37)55-44-29-24-38(54(4,5)6)33-49(44)56(47-18-12-19-48(51(47)55)57(46)40-28-21-34-13-7-8-14-36(34)31-40)39-26-22-35(23-27-39)41-16-11-17-43-42-15-9-10-20-50(42)58-52(41)43/h7-33H,1-6H3. The summed E-state index contributed by atoms with van der Waals surface area (Å²) in [6.07, 6.45) is 0. The molecule has 0 aliphatic carbocycles. The summed E-state index contributed by atoms with van der Waals surface area (Å²) in [7, 11) is 0. The highest BCUT2D eigenvalue weighted by molar-refractivity contribution is 7.00. The van der Waals surface area contributed by atoms with Gasteiger partial charge in [-0.2, -0.15) is 0 Å². The minimum Gasteiger partial charge on any atom is -0.455 e. The number of benzene rings is 8. The van der Waals surface area contributed by atoms with Gasteiger partial charge in [-0.25, -0.2) is 0 Å². The van der Waals surface area contributed by atoms with Crippen LogP contribution in [0.25, 0.3) is 43.8 Å². The van der Waals surface area contributed by atoms with E-state index in [1.165, 1.54) is 66.7 Å². The lowest BCUT2D eigenvalue weighted by Gasteiger charge is -2.44. The van der Waals surface area contributed by atoms with Crippen LogP contribution in [0.5, 0.6) is 0 Å². The van der Waals surface area contributed by atoms with E-state index in [0.717, 1.165) is 38.8 Å². The molecule has 280 valence electrons. The molecule has 2 aliphatic rings. The summed E-state index contributed by atoms with van der Waals surface area (Å²) >= 11 is 0. The molecule has 9 aromatic rings. The van der Waals surface area contributed by atoms with Crippen LogP contribution >= 0.6 is 0 Å². The van der Waals surface area contributed by atoms with Crippen molar-refractivity contribution in [2.45, 2.75) is 52.4 Å². The Bertz CT molecular complexity index is 3110. The maximum atomic E-state index is 6.48. The Hall–Kier alpha value is -6.52. The first kappa shape index (κ1) is 34.7. The third-order valence-corrected chi connectivity index (χ3v) is 12.6. The van der Waals surface area contributed by atoms with Gasteiger partial charge >= 0.3 is 0 Å². The molecule has 1 aromatic heterocycles. The molecule has 0 saturated heterocycles. The second-order valence-electron chi connectivity index (χ2n) is 18.2. The Morgan fingerprint density at radius 2 is 1.09 bits per heavy atom. The molecule has 3 heterocycles. The fraction of sp³-hybridized carbons (Fsp3) is 0.148. The lowest BCUT2D eigenvalue weighted by atomic mass is 9.33. The summed E-state index contributed by atoms with van der Waals surface area (Å²) in [6.45, 7) is 14.0. The van der Waals surface area contributed by atoms with E-state index in [9.17, 15) is 0 Å². The molecule has 11 rings (SSSR count). The first-order valence-electron chi connectivity index (χ1n) is 20.5. The Kier molecular flexibility index (Phi) is 7.48. The molecule has 0 saturated carbocycles. The predicted molar refractivity (Wildman–Crippen MR) is 248 cm³/mol. The van der Waals surface area contributed by atoms with Crippen molar-refractivity contribution in [1.29, 1.82) is 0 Å². The quantitative estimate of drug-likeness (QED) is 0.168. The number of fused-ring (bicyclic) bond motifs is 8. The van der Waals surface area contributed by atoms with Gasteiger partial charge < -0.3 is 14.2 Å². The number of hydrogen-bond acceptors (Lipinski definition) is 3. The van der Waals surface area contributed by atoms with E-state index in [4.69, 9.17) is 4.42 Å². The summed E-state index contributed by atoms with van der Waals surface area (Å²) in [4.78, 5) is 5.02. The molecule has 0 N–H and O–H groups in total. The monoisotopic (exact) mass is 748 g/mol. The number of para-hydroxylation sites is 2. The van der Waals surface area contributed by atoms with Crippen LogP contribution in [0.1, 0.15) is 52.7 Å². The van der Waals surface area contributed by atoms with Crippen molar-refractivity contribution in [1.82, 2.24) is 0 Å². The zero-order valence-electron chi connectivity index (χ0n) is 34.0. The average Bonchev–Trinajstić information content (AvgIpc) is 3.61. The van der Waals surface area contributed by atoms with E-state index in [2.05, 4.69) is 209 Å². The van der Waals surface area contributed by atoms with Gasteiger partial charge in [0.05, 0.1) is 0 Å². The van der Waals surface area contributed by atoms with Gasteiger partial charge in [0.2, 0.25) is 0 Å². The lowest BCUT2D eigenvalue weighted by molar-refractivity contribution is 0.590. The minimum absolute atomic E-state index is 0.00330. The molecule has 0 spiro atoms. The van der Waals surface area contributed by atoms with Gasteiger partial charge in [-0.1, -0.05) is 151 Å². The second kappa shape index (κ2) is 12.5. The molecule has 0 amide bonds. The first-order valence-corrected chi connectivity index (χ1v) is 20.5. The van der Waals surface area contributed by atoms with Crippen molar-refractivity contribution in [2.75, 3.05) is 9.80 Å². The van der Waals surface area contributed by atoms with Gasteiger partial charge in [0.1, 0.15) is 11.2 Å². The van der Waals surface area contributed by atoms with Crippen LogP contribution in [-0.2, 0) is 10.8 Å². The minimum atomic E-state index is -0.0191. The normalized spacial score (nSPS) is 13.6. The van der Waals surface area contributed by atoms with Gasteiger partial charge in [-0.3, -0.25) is 0 Å². The van der Waals surface area contributed by atoms with Crippen LogP contribution in [0, 0.1) is 0 Å². The molecule has 0 bridgehead atoms. The molecule has 3 nitrogen and oxygen atoms in total. The predicted octanol–water partition coefficient (Wildman–Crippen LogP) is 13.1. The summed E-state index contributed by atoms with van der Waals surface area (Å²) in [6, 6.07) is 60.8. The van der Waals surface area contributed by atoms with E-state index in [-0.39, 0.29) is 17.5 Å². The van der Waals surface area contributed by atoms with E-state index in [1.54, 1.807) is 0 Å². The highest BCUT2D eigenvalue weighted by Crippen LogP contribution is 2.46. The smallest absolute Gasteiger partial charge is 0.252 e. The summed E-state index contributed by atoms with van der Waals surface area (Å²) in [5.41, 5.74) is 17.9. The molecule has 0 fully saturated rings. The Morgan fingerprint density at radius 1 is 0.448 bits per heavy atom. The molecule has 4 heteroatoms. The zero-order chi connectivity index (χ0) is 39.5. The van der Waals surface area contributed by atoms with E-state index >= 15 is 0 Å². The lowest BCUT2D eigenvalue weighted by Crippen LogP contribution is -2.61. The summed E-state index contributed by atoms with van der Waals surface area (Å²) in [5, 5.41) is 4.77. The molecular formula is C54H45BN2O. The molecule has 8 aromatic carbocycles. The van der Waals surface area contributed by atoms with Gasteiger partial charge in [0.15, 0.2) is 0 Å². The molecule has 0 radical (unpaired) electrons. The maximum absolute atomic E-state index is 6.48. The van der Waals surface area contributed by atoms with Gasteiger partial charge in [-0.05, 0) is 109 Å². The van der Waals surface area contributed by atoms with Crippen LogP contribution in [0.2, 0.25) is 0 Å². The van der Waals surface area contributed by atoms with Crippen molar-refractivity contribution in [2.24, 2.45) is 0 Å². The molecule has 0 unspecified atom stereocenters. The topological polar surface area (TPSA) is 19.6 Å². The average molecular weight is 749 g/mol. The molecular weight excluding hydrogens is 703 g/mol. The third-order valence-electron chi connectivity index (χ3n) is 12.6. The van der Waals surface area contributed by atoms with Gasteiger partial charge in [0, 0.05) is 50.5 Å². The summed E-state index contributed by atoms with van der Waals surface area (Å²) in [5.74, 6) is 0. The van der Waals surface area contributed by atoms with Gasteiger partial charge in [-0.15, -0.1) is 0 Å². The van der Waals surface area contributed by atoms with Gasteiger partial charge in [0.25, 0.3) is 6.71 Å². The molecule has 2 aliphatic heterocycles. The SMILES string of the molecule is CC(C)(C)c1ccc2c(c1)B1c3ccc(C(C)(C)C)cc3N(c3ccc(-c4cccc5c4oc4ccccc45)cc3)c3cccc(c31)N2c1ccc2ccccc2c1. The maximum Gasteiger partial charge on any atom is 0.252 e. The highest BCUT2D eigenvalue weighted by atomic mass is 16.3. The Morgan fingerprint density at radius 3 is 1.86 bits per heavy atom.